The number of nitrogens with one attached hydrogen (secondary N) is 3. The van der Waals surface area contributed by atoms with E-state index in [1.54, 1.807) is 13.8 Å². The number of carboxylic acid groups (broad SMARTS) is 2. The largest absolute Gasteiger partial charge is 0.481 e. The van der Waals surface area contributed by atoms with E-state index in [4.69, 9.17) is 28.0 Å². The molecule has 3 amide bonds. The molecule has 0 aromatic rings. The van der Waals surface area contributed by atoms with E-state index < -0.39 is 66.2 Å². The van der Waals surface area contributed by atoms with Gasteiger partial charge in [-0.3, -0.25) is 24.2 Å². The number of aliphatic imine (C=N–C) groups is 1. The van der Waals surface area contributed by atoms with Crippen molar-refractivity contribution in [3.05, 3.63) is 0 Å². The monoisotopic (exact) mass is 544 g/mol. The molecule has 0 radical (unpaired) electrons. The molecule has 218 valence electrons. The van der Waals surface area contributed by atoms with Crippen LogP contribution in [0.5, 0.6) is 0 Å². The summed E-state index contributed by atoms with van der Waals surface area (Å²) < 4.78 is 0. The Morgan fingerprint density at radius 3 is 1.95 bits per heavy atom. The summed E-state index contributed by atoms with van der Waals surface area (Å²) in [5.74, 6) is -5.18. The van der Waals surface area contributed by atoms with Crippen molar-refractivity contribution in [2.45, 2.75) is 89.4 Å². The van der Waals surface area contributed by atoms with Crippen molar-refractivity contribution in [3.63, 3.8) is 0 Å². The van der Waals surface area contributed by atoms with Crippen LogP contribution in [0.3, 0.4) is 0 Å². The van der Waals surface area contributed by atoms with Crippen molar-refractivity contribution in [3.8, 4) is 0 Å². The molecule has 0 aliphatic rings. The van der Waals surface area contributed by atoms with Crippen LogP contribution in [0.4, 0.5) is 0 Å². The van der Waals surface area contributed by atoms with E-state index in [2.05, 4.69) is 20.9 Å². The number of hydrogen-bond acceptors (Lipinski definition) is 8. The Bertz CT molecular complexity index is 820. The molecule has 0 saturated carbocycles. The fourth-order valence-electron chi connectivity index (χ4n) is 3.44. The van der Waals surface area contributed by atoms with Gasteiger partial charge in [0.2, 0.25) is 17.7 Å². The number of nitrogens with zero attached hydrogens (tertiary/aromatic N) is 1. The average molecular weight is 545 g/mol. The molecule has 0 aliphatic heterocycles. The third-order valence-electron chi connectivity index (χ3n) is 5.94. The van der Waals surface area contributed by atoms with Gasteiger partial charge in [0.05, 0.1) is 6.04 Å². The van der Waals surface area contributed by atoms with Gasteiger partial charge in [-0.05, 0) is 44.6 Å². The fourth-order valence-corrected chi connectivity index (χ4v) is 3.44. The highest BCUT2D eigenvalue weighted by atomic mass is 16.4. The molecule has 13 N–H and O–H groups in total. The van der Waals surface area contributed by atoms with Gasteiger partial charge in [0.25, 0.3) is 0 Å². The first kappa shape index (κ1) is 34.5. The molecule has 0 aliphatic carbocycles. The van der Waals surface area contributed by atoms with Crippen molar-refractivity contribution in [2.24, 2.45) is 33.8 Å². The van der Waals surface area contributed by atoms with Gasteiger partial charge in [0.1, 0.15) is 18.1 Å². The second-order valence-corrected chi connectivity index (χ2v) is 9.10. The van der Waals surface area contributed by atoms with Crippen molar-refractivity contribution >= 4 is 35.6 Å². The van der Waals surface area contributed by atoms with Crippen LogP contribution < -0.4 is 38.9 Å². The average Bonchev–Trinajstić information content (AvgIpc) is 2.85. The van der Waals surface area contributed by atoms with Crippen molar-refractivity contribution in [1.82, 2.24) is 16.0 Å². The van der Waals surface area contributed by atoms with Crippen LogP contribution in [-0.2, 0) is 24.0 Å². The highest BCUT2D eigenvalue weighted by Crippen LogP contribution is 2.10. The second-order valence-electron chi connectivity index (χ2n) is 9.10. The second kappa shape index (κ2) is 18.7. The number of unbranched alkanes of at least 4 members (excludes halogenated alkanes) is 1. The summed E-state index contributed by atoms with van der Waals surface area (Å²) in [5, 5.41) is 26.0. The molecule has 0 fully saturated rings. The van der Waals surface area contributed by atoms with Crippen molar-refractivity contribution < 1.29 is 34.2 Å². The molecule has 0 saturated heterocycles. The lowest BCUT2D eigenvalue weighted by Gasteiger charge is -2.26. The molecule has 0 aromatic heterocycles. The minimum atomic E-state index is -1.29. The molecule has 15 heteroatoms. The summed E-state index contributed by atoms with van der Waals surface area (Å²) in [4.78, 5) is 65.3. The normalized spacial score (nSPS) is 14.7. The summed E-state index contributed by atoms with van der Waals surface area (Å²) >= 11 is 0. The number of guanidine groups is 1. The first-order valence-corrected chi connectivity index (χ1v) is 12.7. The zero-order valence-corrected chi connectivity index (χ0v) is 22.2. The van der Waals surface area contributed by atoms with Crippen LogP contribution in [0.15, 0.2) is 4.99 Å². The van der Waals surface area contributed by atoms with E-state index >= 15 is 0 Å². The zero-order chi connectivity index (χ0) is 29.3. The van der Waals surface area contributed by atoms with Gasteiger partial charge in [-0.1, -0.05) is 26.7 Å². The van der Waals surface area contributed by atoms with Crippen LogP contribution in [0.25, 0.3) is 0 Å². The van der Waals surface area contributed by atoms with Crippen LogP contribution in [0.1, 0.15) is 65.2 Å². The summed E-state index contributed by atoms with van der Waals surface area (Å²) in [7, 11) is 0. The number of hydrogen-bond donors (Lipinski definition) is 9. The van der Waals surface area contributed by atoms with E-state index in [0.717, 1.165) is 0 Å². The Balaban J connectivity index is 5.69. The Kier molecular flexibility index (Phi) is 17.0. The highest BCUT2D eigenvalue weighted by Gasteiger charge is 2.32. The quantitative estimate of drug-likeness (QED) is 0.0456. The van der Waals surface area contributed by atoms with Crippen LogP contribution in [0.2, 0.25) is 0 Å². The molecule has 5 atom stereocenters. The third kappa shape index (κ3) is 14.3. The number of amides is 3. The first-order valence-electron chi connectivity index (χ1n) is 12.7. The van der Waals surface area contributed by atoms with E-state index in [1.807, 2.05) is 0 Å². The van der Waals surface area contributed by atoms with E-state index in [1.165, 1.54) is 0 Å². The predicted octanol–water partition coefficient (Wildman–Crippen LogP) is -2.05. The van der Waals surface area contributed by atoms with Crippen molar-refractivity contribution in [1.29, 1.82) is 0 Å². The van der Waals surface area contributed by atoms with Crippen LogP contribution >= 0.6 is 0 Å². The van der Waals surface area contributed by atoms with Gasteiger partial charge >= 0.3 is 11.9 Å². The van der Waals surface area contributed by atoms with E-state index in [0.29, 0.717) is 32.2 Å². The van der Waals surface area contributed by atoms with Gasteiger partial charge < -0.3 is 49.1 Å². The standard InChI is InChI=1S/C23H44N8O7/c1-3-13(2)18(22(37)38)31-21(36)15(8-6-12-28-23(26)27)30-20(35)16(9-10-17(32)33)29-19(34)14(25)7-4-5-11-24/h13-16,18H,3-12,24-25H2,1-2H3,(H,29,34)(H,30,35)(H,31,36)(H,32,33)(H,37,38)(H4,26,27,28). The smallest absolute Gasteiger partial charge is 0.326 e. The van der Waals surface area contributed by atoms with Crippen LogP contribution in [-0.4, -0.2) is 83.1 Å². The van der Waals surface area contributed by atoms with Gasteiger partial charge in [-0.25, -0.2) is 4.79 Å². The molecule has 0 bridgehead atoms. The SMILES string of the molecule is CCC(C)C(NC(=O)C(CCCN=C(N)N)NC(=O)C(CCC(=O)O)NC(=O)C(N)CCCCN)C(=O)O. The lowest BCUT2D eigenvalue weighted by Crippen LogP contribution is -2.57. The molecular formula is C23H44N8O7. The molecule has 0 heterocycles. The van der Waals surface area contributed by atoms with Gasteiger partial charge in [0, 0.05) is 13.0 Å². The molecule has 0 rings (SSSR count). The first-order chi connectivity index (χ1) is 17.8. The third-order valence-corrected chi connectivity index (χ3v) is 5.94. The fraction of sp³-hybridized carbons (Fsp3) is 0.739. The van der Waals surface area contributed by atoms with E-state index in [9.17, 15) is 29.1 Å². The Morgan fingerprint density at radius 1 is 0.842 bits per heavy atom. The Labute approximate surface area is 222 Å². The number of nitrogens with two attached hydrogens (primary N) is 4. The Morgan fingerprint density at radius 2 is 1.42 bits per heavy atom. The summed E-state index contributed by atoms with van der Waals surface area (Å²) in [6.45, 7) is 4.02. The Hall–Kier alpha value is -3.46. The minimum absolute atomic E-state index is 0.0411. The minimum Gasteiger partial charge on any atom is -0.481 e. The summed E-state index contributed by atoms with van der Waals surface area (Å²) in [5.41, 5.74) is 22.0. The zero-order valence-electron chi connectivity index (χ0n) is 22.2. The molecule has 38 heavy (non-hydrogen) atoms. The maximum atomic E-state index is 13.1. The molecule has 0 aromatic carbocycles. The van der Waals surface area contributed by atoms with E-state index in [-0.39, 0.29) is 31.8 Å². The molecule has 15 nitrogen and oxygen atoms in total. The molecular weight excluding hydrogens is 500 g/mol. The maximum absolute atomic E-state index is 13.1. The molecule has 5 unspecified atom stereocenters. The summed E-state index contributed by atoms with van der Waals surface area (Å²) in [6.07, 6.45) is 1.66. The number of rotatable bonds is 20. The lowest BCUT2D eigenvalue weighted by molar-refractivity contribution is -0.144. The van der Waals surface area contributed by atoms with Crippen molar-refractivity contribution in [2.75, 3.05) is 13.1 Å². The summed E-state index contributed by atoms with van der Waals surface area (Å²) in [6, 6.07) is -4.63. The lowest BCUT2D eigenvalue weighted by atomic mass is 9.98. The number of carbonyl (C=O) groups is 5. The maximum Gasteiger partial charge on any atom is 0.326 e. The highest BCUT2D eigenvalue weighted by molar-refractivity contribution is 5.94. The number of carboxylic acids is 2. The van der Waals surface area contributed by atoms with Gasteiger partial charge in [-0.15, -0.1) is 0 Å². The number of carbonyl (C=O) groups excluding carboxylic acids is 3. The topological polar surface area (TPSA) is 278 Å². The van der Waals surface area contributed by atoms with Gasteiger partial charge in [0.15, 0.2) is 5.96 Å². The van der Waals surface area contributed by atoms with Gasteiger partial charge in [-0.2, -0.15) is 0 Å². The number of aliphatic carboxylic acids is 2. The van der Waals surface area contributed by atoms with Crippen LogP contribution in [0, 0.1) is 5.92 Å². The molecule has 0 spiro atoms. The predicted molar refractivity (Wildman–Crippen MR) is 141 cm³/mol.